The Bertz CT molecular complexity index is 293. The summed E-state index contributed by atoms with van der Waals surface area (Å²) in [5, 5.41) is 18.0. The van der Waals surface area contributed by atoms with Gasteiger partial charge in [0.25, 0.3) is 0 Å². The first-order valence-corrected chi connectivity index (χ1v) is 5.86. The van der Waals surface area contributed by atoms with Gasteiger partial charge in [-0.2, -0.15) is 0 Å². The highest BCUT2D eigenvalue weighted by molar-refractivity contribution is 5.75. The molecule has 1 aliphatic rings. The van der Waals surface area contributed by atoms with Crippen LogP contribution in [0, 0.1) is 5.92 Å². The van der Waals surface area contributed by atoms with Crippen molar-refractivity contribution in [2.45, 2.75) is 26.3 Å². The summed E-state index contributed by atoms with van der Waals surface area (Å²) in [6.07, 6.45) is -0.114. The molecule has 0 aromatic heterocycles. The van der Waals surface area contributed by atoms with Crippen LogP contribution in [-0.4, -0.2) is 64.3 Å². The molecule has 6 nitrogen and oxygen atoms in total. The highest BCUT2D eigenvalue weighted by atomic mass is 16.4. The van der Waals surface area contributed by atoms with Gasteiger partial charge in [-0.25, -0.2) is 4.79 Å². The summed E-state index contributed by atoms with van der Waals surface area (Å²) in [6.45, 7) is 5.82. The quantitative estimate of drug-likeness (QED) is 0.763. The van der Waals surface area contributed by atoms with Crippen molar-refractivity contribution < 1.29 is 19.8 Å². The summed E-state index contributed by atoms with van der Waals surface area (Å²) in [6, 6.07) is -0.710. The molecule has 1 amide bonds. The smallest absolute Gasteiger partial charge is 0.407 e. The number of hydrogen-bond acceptors (Lipinski definition) is 3. The number of carboxylic acid groups (broad SMARTS) is 2. The fraction of sp³-hybridized carbons (Fsp3) is 0.818. The molecule has 98 valence electrons. The van der Waals surface area contributed by atoms with E-state index in [1.54, 1.807) is 0 Å². The van der Waals surface area contributed by atoms with Gasteiger partial charge in [0.2, 0.25) is 0 Å². The predicted octanol–water partition coefficient (Wildman–Crippen LogP) is 0.781. The number of amides is 1. The summed E-state index contributed by atoms with van der Waals surface area (Å²) in [7, 11) is 0. The highest BCUT2D eigenvalue weighted by Gasteiger charge is 2.33. The van der Waals surface area contributed by atoms with Gasteiger partial charge < -0.3 is 15.1 Å². The number of rotatable bonds is 4. The van der Waals surface area contributed by atoms with Crippen LogP contribution in [0.1, 0.15) is 20.3 Å². The van der Waals surface area contributed by atoms with Crippen LogP contribution in [0.4, 0.5) is 4.79 Å². The molecular formula is C11H20N2O4. The van der Waals surface area contributed by atoms with Crippen LogP contribution in [0.15, 0.2) is 0 Å². The molecule has 0 radical (unpaired) electrons. The molecule has 1 aliphatic heterocycles. The topological polar surface area (TPSA) is 81.1 Å². The third kappa shape index (κ3) is 3.89. The second-order valence-corrected chi connectivity index (χ2v) is 4.80. The number of aliphatic carboxylic acids is 1. The molecule has 0 bridgehead atoms. The van der Waals surface area contributed by atoms with Crippen molar-refractivity contribution in [1.82, 2.24) is 9.80 Å². The first kappa shape index (κ1) is 13.8. The summed E-state index contributed by atoms with van der Waals surface area (Å²) in [5.74, 6) is -0.429. The lowest BCUT2D eigenvalue weighted by atomic mass is 10.1. The van der Waals surface area contributed by atoms with Gasteiger partial charge in [0.05, 0.1) is 6.54 Å². The third-order valence-corrected chi connectivity index (χ3v) is 3.04. The maximum atomic E-state index is 11.1. The van der Waals surface area contributed by atoms with Crippen LogP contribution in [0.3, 0.4) is 0 Å². The molecule has 1 fully saturated rings. The van der Waals surface area contributed by atoms with Gasteiger partial charge in [0, 0.05) is 13.1 Å². The lowest BCUT2D eigenvalue weighted by Crippen LogP contribution is -2.57. The van der Waals surface area contributed by atoms with Crippen LogP contribution in [0.2, 0.25) is 0 Å². The number of hydrogen-bond donors (Lipinski definition) is 2. The number of piperazine rings is 1. The molecule has 2 N–H and O–H groups in total. The Morgan fingerprint density at radius 1 is 1.29 bits per heavy atom. The minimum absolute atomic E-state index is 0.0583. The normalized spacial score (nSPS) is 21.8. The Morgan fingerprint density at radius 2 is 1.94 bits per heavy atom. The molecule has 0 aliphatic carbocycles. The van der Waals surface area contributed by atoms with Crippen LogP contribution in [0.25, 0.3) is 0 Å². The van der Waals surface area contributed by atoms with E-state index >= 15 is 0 Å². The SMILES string of the molecule is CC(C)CCN1CCN(C(=O)O)CC1C(=O)O. The second-order valence-electron chi connectivity index (χ2n) is 4.80. The average molecular weight is 244 g/mol. The molecule has 1 saturated heterocycles. The average Bonchev–Trinajstić information content (AvgIpc) is 2.25. The largest absolute Gasteiger partial charge is 0.480 e. The summed E-state index contributed by atoms with van der Waals surface area (Å²) in [5.41, 5.74) is 0. The molecule has 1 rings (SSSR count). The van der Waals surface area contributed by atoms with Gasteiger partial charge in [-0.05, 0) is 18.9 Å². The standard InChI is InChI=1S/C11H20N2O4/c1-8(2)3-4-12-5-6-13(11(16)17)7-9(12)10(14)15/h8-9H,3-7H2,1-2H3,(H,14,15)(H,16,17). The van der Waals surface area contributed by atoms with Crippen LogP contribution >= 0.6 is 0 Å². The fourth-order valence-electron chi connectivity index (χ4n) is 1.92. The van der Waals surface area contributed by atoms with Gasteiger partial charge in [0.15, 0.2) is 0 Å². The second kappa shape index (κ2) is 5.86. The Labute approximate surface area is 101 Å². The number of carbonyl (C=O) groups is 2. The predicted molar refractivity (Wildman–Crippen MR) is 62.0 cm³/mol. The maximum Gasteiger partial charge on any atom is 0.407 e. The minimum Gasteiger partial charge on any atom is -0.480 e. The number of carboxylic acids is 1. The molecule has 1 heterocycles. The molecule has 0 saturated carbocycles. The Balaban J connectivity index is 2.59. The van der Waals surface area contributed by atoms with E-state index in [4.69, 9.17) is 10.2 Å². The molecule has 1 atom stereocenters. The first-order chi connectivity index (χ1) is 7.91. The van der Waals surface area contributed by atoms with Gasteiger partial charge in [-0.3, -0.25) is 9.69 Å². The highest BCUT2D eigenvalue weighted by Crippen LogP contribution is 2.13. The zero-order valence-corrected chi connectivity index (χ0v) is 10.3. The van der Waals surface area contributed by atoms with Gasteiger partial charge >= 0.3 is 12.1 Å². The number of nitrogens with zero attached hydrogens (tertiary/aromatic N) is 2. The molecule has 17 heavy (non-hydrogen) atoms. The van der Waals surface area contributed by atoms with Crippen molar-refractivity contribution in [1.29, 1.82) is 0 Å². The van der Waals surface area contributed by atoms with Crippen LogP contribution < -0.4 is 0 Å². The van der Waals surface area contributed by atoms with Crippen molar-refractivity contribution in [3.63, 3.8) is 0 Å². The van der Waals surface area contributed by atoms with E-state index in [1.807, 2.05) is 4.90 Å². The molecule has 6 heteroatoms. The van der Waals surface area contributed by atoms with Gasteiger partial charge in [0.1, 0.15) is 6.04 Å². The van der Waals surface area contributed by atoms with Crippen molar-refractivity contribution in [3.05, 3.63) is 0 Å². The zero-order chi connectivity index (χ0) is 13.0. The van der Waals surface area contributed by atoms with Crippen molar-refractivity contribution in [2.24, 2.45) is 5.92 Å². The van der Waals surface area contributed by atoms with E-state index in [9.17, 15) is 9.59 Å². The summed E-state index contributed by atoms with van der Waals surface area (Å²) < 4.78 is 0. The monoisotopic (exact) mass is 244 g/mol. The van der Waals surface area contributed by atoms with E-state index in [-0.39, 0.29) is 6.54 Å². The molecule has 0 aromatic rings. The van der Waals surface area contributed by atoms with Crippen LogP contribution in [0.5, 0.6) is 0 Å². The van der Waals surface area contributed by atoms with E-state index in [0.29, 0.717) is 25.6 Å². The minimum atomic E-state index is -1.04. The Kier molecular flexibility index (Phi) is 4.74. The zero-order valence-electron chi connectivity index (χ0n) is 10.3. The van der Waals surface area contributed by atoms with Gasteiger partial charge in [-0.1, -0.05) is 13.8 Å². The van der Waals surface area contributed by atoms with Crippen molar-refractivity contribution >= 4 is 12.1 Å². The van der Waals surface area contributed by atoms with Crippen molar-refractivity contribution in [3.8, 4) is 0 Å². The Hall–Kier alpha value is -1.30. The maximum absolute atomic E-state index is 11.1. The van der Waals surface area contributed by atoms with E-state index in [0.717, 1.165) is 6.42 Å². The molecule has 1 unspecified atom stereocenters. The lowest BCUT2D eigenvalue weighted by molar-refractivity contribution is -0.145. The van der Waals surface area contributed by atoms with Crippen LogP contribution in [-0.2, 0) is 4.79 Å². The summed E-state index contributed by atoms with van der Waals surface area (Å²) in [4.78, 5) is 25.0. The molecule has 0 spiro atoms. The van der Waals surface area contributed by atoms with Gasteiger partial charge in [-0.15, -0.1) is 0 Å². The van der Waals surface area contributed by atoms with E-state index in [2.05, 4.69) is 13.8 Å². The fourth-order valence-corrected chi connectivity index (χ4v) is 1.92. The molecule has 0 aromatic carbocycles. The van der Waals surface area contributed by atoms with E-state index in [1.165, 1.54) is 4.90 Å². The Morgan fingerprint density at radius 3 is 2.41 bits per heavy atom. The third-order valence-electron chi connectivity index (χ3n) is 3.04. The van der Waals surface area contributed by atoms with Crippen molar-refractivity contribution in [2.75, 3.05) is 26.2 Å². The lowest BCUT2D eigenvalue weighted by Gasteiger charge is -2.38. The summed E-state index contributed by atoms with van der Waals surface area (Å²) >= 11 is 0. The van der Waals surface area contributed by atoms with E-state index < -0.39 is 18.1 Å². The first-order valence-electron chi connectivity index (χ1n) is 5.86. The molecular weight excluding hydrogens is 224 g/mol.